The fourth-order valence-corrected chi connectivity index (χ4v) is 0.875. The Hall–Kier alpha value is -2.08. The van der Waals surface area contributed by atoms with Crippen LogP contribution in [0.4, 0.5) is 0 Å². The Kier molecular flexibility index (Phi) is 2.06. The van der Waals surface area contributed by atoms with Crippen molar-refractivity contribution in [1.82, 2.24) is 10.1 Å². The van der Waals surface area contributed by atoms with Gasteiger partial charge in [-0.05, 0) is 23.2 Å². The van der Waals surface area contributed by atoms with Gasteiger partial charge in [0.15, 0.2) is 0 Å². The second-order valence-electron chi connectivity index (χ2n) is 2.37. The summed E-state index contributed by atoms with van der Waals surface area (Å²) in [4.78, 5) is 3.78. The van der Waals surface area contributed by atoms with Gasteiger partial charge in [0.05, 0.1) is 0 Å². The largest absolute Gasteiger partial charge is 0.342 e. The maximum atomic E-state index is 4.54. The van der Waals surface area contributed by atoms with Crippen molar-refractivity contribution >= 4 is 0 Å². The van der Waals surface area contributed by atoms with Crippen LogP contribution in [0.3, 0.4) is 0 Å². The molecule has 0 aliphatic carbocycles. The van der Waals surface area contributed by atoms with E-state index in [-0.39, 0.29) is 0 Å². The third kappa shape index (κ3) is 1.94. The Morgan fingerprint density at radius 2 is 1.92 bits per heavy atom. The van der Waals surface area contributed by atoms with E-state index >= 15 is 0 Å². The van der Waals surface area contributed by atoms with Crippen LogP contribution in [-0.4, -0.2) is 10.1 Å². The summed E-state index contributed by atoms with van der Waals surface area (Å²) in [5, 5.41) is 3.57. The number of rotatable bonds is 0. The predicted molar refractivity (Wildman–Crippen MR) is 46.7 cm³/mol. The third-order valence-corrected chi connectivity index (χ3v) is 1.45. The Labute approximate surface area is 75.4 Å². The molecule has 0 saturated heterocycles. The molecule has 62 valence electrons. The van der Waals surface area contributed by atoms with Crippen LogP contribution in [0.5, 0.6) is 0 Å². The number of benzene rings is 1. The summed E-state index contributed by atoms with van der Waals surface area (Å²) in [6, 6.07) is 9.65. The van der Waals surface area contributed by atoms with Crippen molar-refractivity contribution in [2.24, 2.45) is 0 Å². The molecule has 1 heterocycles. The molecule has 0 aliphatic rings. The molecule has 0 amide bonds. The quantitative estimate of drug-likeness (QED) is 0.562. The lowest BCUT2D eigenvalue weighted by Crippen LogP contribution is -1.76. The molecule has 0 radical (unpaired) electrons. The van der Waals surface area contributed by atoms with Crippen LogP contribution in [0.1, 0.15) is 11.4 Å². The van der Waals surface area contributed by atoms with E-state index in [4.69, 9.17) is 0 Å². The second-order valence-corrected chi connectivity index (χ2v) is 2.37. The molecular weight excluding hydrogens is 164 g/mol. The highest BCUT2D eigenvalue weighted by Gasteiger charge is 1.89. The average molecular weight is 170 g/mol. The first-order chi connectivity index (χ1) is 6.45. The van der Waals surface area contributed by atoms with E-state index in [1.165, 1.54) is 6.39 Å². The molecule has 0 unspecified atom stereocenters. The van der Waals surface area contributed by atoms with Crippen molar-refractivity contribution in [3.05, 3.63) is 48.1 Å². The summed E-state index contributed by atoms with van der Waals surface area (Å²) in [6.45, 7) is 0. The minimum absolute atomic E-state index is 0.406. The highest BCUT2D eigenvalue weighted by molar-refractivity contribution is 5.37. The van der Waals surface area contributed by atoms with Crippen LogP contribution < -0.4 is 0 Å². The highest BCUT2D eigenvalue weighted by atomic mass is 16.5. The number of hydrogen-bond donors (Lipinski definition) is 0. The number of aromatic nitrogens is 2. The van der Waals surface area contributed by atoms with Crippen molar-refractivity contribution in [2.75, 3.05) is 0 Å². The van der Waals surface area contributed by atoms with Gasteiger partial charge in [0.1, 0.15) is 0 Å². The molecule has 0 fully saturated rings. The molecule has 0 bridgehead atoms. The van der Waals surface area contributed by atoms with Crippen LogP contribution in [0, 0.1) is 11.8 Å². The number of hydrogen-bond acceptors (Lipinski definition) is 3. The van der Waals surface area contributed by atoms with E-state index in [1.807, 2.05) is 30.3 Å². The molecule has 1 aromatic heterocycles. The molecule has 0 atom stereocenters. The molecule has 0 saturated carbocycles. The summed E-state index contributed by atoms with van der Waals surface area (Å²) >= 11 is 0. The van der Waals surface area contributed by atoms with E-state index in [1.54, 1.807) is 0 Å². The fourth-order valence-electron chi connectivity index (χ4n) is 0.875. The average Bonchev–Trinajstić information content (AvgIpc) is 2.69. The van der Waals surface area contributed by atoms with Crippen molar-refractivity contribution in [2.45, 2.75) is 0 Å². The van der Waals surface area contributed by atoms with E-state index in [2.05, 4.69) is 26.5 Å². The summed E-state index contributed by atoms with van der Waals surface area (Å²) in [5.41, 5.74) is 0.937. The SMILES string of the molecule is C(#Cc1ncon1)c1ccccc1. The minimum Gasteiger partial charge on any atom is -0.342 e. The van der Waals surface area contributed by atoms with Crippen molar-refractivity contribution in [1.29, 1.82) is 0 Å². The first-order valence-corrected chi connectivity index (χ1v) is 3.78. The molecule has 0 aliphatic heterocycles. The first kappa shape index (κ1) is 7.56. The number of nitrogens with zero attached hydrogens (tertiary/aromatic N) is 2. The summed E-state index contributed by atoms with van der Waals surface area (Å²) in [5.74, 6) is 6.09. The first-order valence-electron chi connectivity index (χ1n) is 3.78. The van der Waals surface area contributed by atoms with E-state index in [0.717, 1.165) is 5.56 Å². The van der Waals surface area contributed by atoms with Gasteiger partial charge < -0.3 is 4.52 Å². The van der Waals surface area contributed by atoms with Crippen molar-refractivity contribution < 1.29 is 4.52 Å². The van der Waals surface area contributed by atoms with E-state index in [0.29, 0.717) is 5.82 Å². The lowest BCUT2D eigenvalue weighted by Gasteiger charge is -1.84. The van der Waals surface area contributed by atoms with Gasteiger partial charge in [-0.15, -0.1) is 0 Å². The van der Waals surface area contributed by atoms with Crippen LogP contribution in [-0.2, 0) is 0 Å². The lowest BCUT2D eigenvalue weighted by molar-refractivity contribution is 0.415. The Balaban J connectivity index is 2.23. The normalized spacial score (nSPS) is 8.92. The fraction of sp³-hybridized carbons (Fsp3) is 0. The molecule has 0 N–H and O–H groups in total. The molecule has 3 nitrogen and oxygen atoms in total. The summed E-state index contributed by atoms with van der Waals surface area (Å²) in [7, 11) is 0. The van der Waals surface area contributed by atoms with Crippen molar-refractivity contribution in [3.63, 3.8) is 0 Å². The van der Waals surface area contributed by atoms with Gasteiger partial charge in [-0.3, -0.25) is 0 Å². The van der Waals surface area contributed by atoms with E-state index < -0.39 is 0 Å². The maximum absolute atomic E-state index is 4.54. The van der Waals surface area contributed by atoms with Crippen molar-refractivity contribution in [3.8, 4) is 11.8 Å². The smallest absolute Gasteiger partial charge is 0.246 e. The lowest BCUT2D eigenvalue weighted by atomic mass is 10.2. The van der Waals surface area contributed by atoms with Gasteiger partial charge in [-0.1, -0.05) is 24.1 Å². The van der Waals surface area contributed by atoms with Gasteiger partial charge >= 0.3 is 0 Å². The minimum atomic E-state index is 0.406. The van der Waals surface area contributed by atoms with Crippen LogP contribution in [0.15, 0.2) is 41.2 Å². The second kappa shape index (κ2) is 3.55. The molecule has 3 heteroatoms. The van der Waals surface area contributed by atoms with Crippen LogP contribution >= 0.6 is 0 Å². The Morgan fingerprint density at radius 1 is 1.08 bits per heavy atom. The summed E-state index contributed by atoms with van der Waals surface area (Å²) in [6.07, 6.45) is 1.26. The van der Waals surface area contributed by atoms with Crippen LogP contribution in [0.2, 0.25) is 0 Å². The molecule has 2 aromatic rings. The standard InChI is InChI=1S/C10H6N2O/c1-2-4-9(5-3-1)6-7-10-11-8-13-12-10/h1-5,8H. The van der Waals surface area contributed by atoms with Gasteiger partial charge in [0.2, 0.25) is 12.2 Å². The molecule has 1 aromatic carbocycles. The zero-order valence-electron chi connectivity index (χ0n) is 6.77. The van der Waals surface area contributed by atoms with Gasteiger partial charge in [-0.25, -0.2) is 0 Å². The van der Waals surface area contributed by atoms with Gasteiger partial charge in [0.25, 0.3) is 0 Å². The zero-order chi connectivity index (χ0) is 8.93. The predicted octanol–water partition coefficient (Wildman–Crippen LogP) is 1.47. The van der Waals surface area contributed by atoms with E-state index in [9.17, 15) is 0 Å². The summed E-state index contributed by atoms with van der Waals surface area (Å²) < 4.78 is 4.54. The zero-order valence-corrected chi connectivity index (χ0v) is 6.77. The molecular formula is C10H6N2O. The van der Waals surface area contributed by atoms with Gasteiger partial charge in [0, 0.05) is 5.56 Å². The maximum Gasteiger partial charge on any atom is 0.246 e. The third-order valence-electron chi connectivity index (χ3n) is 1.45. The molecule has 0 spiro atoms. The van der Waals surface area contributed by atoms with Gasteiger partial charge in [-0.2, -0.15) is 4.98 Å². The highest BCUT2D eigenvalue weighted by Crippen LogP contribution is 1.95. The molecule has 2 rings (SSSR count). The topological polar surface area (TPSA) is 38.9 Å². The Bertz CT molecular complexity index is 423. The Morgan fingerprint density at radius 3 is 2.62 bits per heavy atom. The molecule has 13 heavy (non-hydrogen) atoms. The monoisotopic (exact) mass is 170 g/mol. The van der Waals surface area contributed by atoms with Crippen LogP contribution in [0.25, 0.3) is 0 Å².